The number of aromatic nitrogens is 2. The molecule has 0 spiro atoms. The Balaban J connectivity index is 2.28. The van der Waals surface area contributed by atoms with E-state index in [1.807, 2.05) is 24.3 Å². The molecule has 2 aromatic rings. The van der Waals surface area contributed by atoms with Gasteiger partial charge in [-0.25, -0.2) is 4.68 Å². The van der Waals surface area contributed by atoms with Crippen LogP contribution in [0.25, 0.3) is 5.69 Å². The van der Waals surface area contributed by atoms with E-state index in [1.165, 1.54) is 0 Å². The fourth-order valence-corrected chi connectivity index (χ4v) is 1.76. The van der Waals surface area contributed by atoms with Crippen LogP contribution in [-0.4, -0.2) is 20.9 Å². The van der Waals surface area contributed by atoms with Gasteiger partial charge in [-0.1, -0.05) is 22.0 Å². The van der Waals surface area contributed by atoms with Crippen molar-refractivity contribution < 1.29 is 9.90 Å². The summed E-state index contributed by atoms with van der Waals surface area (Å²) in [6, 6.07) is 9.35. The molecule has 0 unspecified atom stereocenters. The number of carboxylic acids is 1. The topological polar surface area (TPSA) is 55.1 Å². The molecule has 0 fully saturated rings. The van der Waals surface area contributed by atoms with Crippen molar-refractivity contribution in [2.45, 2.75) is 6.42 Å². The van der Waals surface area contributed by atoms with E-state index in [4.69, 9.17) is 5.11 Å². The van der Waals surface area contributed by atoms with Gasteiger partial charge < -0.3 is 5.11 Å². The lowest BCUT2D eigenvalue weighted by molar-refractivity contribution is -0.136. The summed E-state index contributed by atoms with van der Waals surface area (Å²) < 4.78 is 2.61. The Morgan fingerprint density at radius 1 is 1.44 bits per heavy atom. The number of benzene rings is 1. The van der Waals surface area contributed by atoms with Crippen molar-refractivity contribution in [3.63, 3.8) is 0 Å². The number of carbonyl (C=O) groups is 1. The van der Waals surface area contributed by atoms with Gasteiger partial charge in [-0.2, -0.15) is 5.10 Å². The fraction of sp³-hybridized carbons (Fsp3) is 0.0909. The van der Waals surface area contributed by atoms with Gasteiger partial charge in [0, 0.05) is 10.7 Å². The highest BCUT2D eigenvalue weighted by Gasteiger charge is 2.05. The van der Waals surface area contributed by atoms with E-state index in [0.717, 1.165) is 10.2 Å². The van der Waals surface area contributed by atoms with Gasteiger partial charge in [0.1, 0.15) is 0 Å². The minimum absolute atomic E-state index is 0.0546. The van der Waals surface area contributed by atoms with Crippen molar-refractivity contribution in [1.82, 2.24) is 9.78 Å². The SMILES string of the molecule is O=C(O)Cc1ccn(-c2cccc(Br)c2)n1. The summed E-state index contributed by atoms with van der Waals surface area (Å²) in [7, 11) is 0. The smallest absolute Gasteiger partial charge is 0.309 e. The average Bonchev–Trinajstić information content (AvgIpc) is 2.65. The van der Waals surface area contributed by atoms with E-state index in [0.29, 0.717) is 5.69 Å². The van der Waals surface area contributed by atoms with Gasteiger partial charge in [0.2, 0.25) is 0 Å². The van der Waals surface area contributed by atoms with E-state index in [2.05, 4.69) is 21.0 Å². The second-order valence-electron chi connectivity index (χ2n) is 3.30. The maximum absolute atomic E-state index is 10.5. The maximum Gasteiger partial charge on any atom is 0.309 e. The highest BCUT2D eigenvalue weighted by Crippen LogP contribution is 2.15. The average molecular weight is 281 g/mol. The zero-order valence-corrected chi connectivity index (χ0v) is 9.89. The third kappa shape index (κ3) is 2.49. The molecule has 4 nitrogen and oxygen atoms in total. The van der Waals surface area contributed by atoms with Gasteiger partial charge in [-0.15, -0.1) is 0 Å². The number of nitrogens with zero attached hydrogens (tertiary/aromatic N) is 2. The molecule has 5 heteroatoms. The van der Waals surface area contributed by atoms with Crippen LogP contribution in [-0.2, 0) is 11.2 Å². The van der Waals surface area contributed by atoms with Crippen LogP contribution in [0.1, 0.15) is 5.69 Å². The van der Waals surface area contributed by atoms with Crippen LogP contribution in [0.4, 0.5) is 0 Å². The van der Waals surface area contributed by atoms with Gasteiger partial charge in [0.15, 0.2) is 0 Å². The van der Waals surface area contributed by atoms with Gasteiger partial charge >= 0.3 is 5.97 Å². The summed E-state index contributed by atoms with van der Waals surface area (Å²) in [6.07, 6.45) is 1.70. The van der Waals surface area contributed by atoms with Crippen molar-refractivity contribution in [2.24, 2.45) is 0 Å². The fourth-order valence-electron chi connectivity index (χ4n) is 1.37. The lowest BCUT2D eigenvalue weighted by atomic mass is 10.3. The molecule has 0 aliphatic carbocycles. The molecule has 16 heavy (non-hydrogen) atoms. The number of hydrogen-bond acceptors (Lipinski definition) is 2. The lowest BCUT2D eigenvalue weighted by Gasteiger charge is -2.01. The molecule has 0 aliphatic heterocycles. The largest absolute Gasteiger partial charge is 0.481 e. The third-order valence-corrected chi connectivity index (χ3v) is 2.54. The van der Waals surface area contributed by atoms with Gasteiger partial charge in [0.25, 0.3) is 0 Å². The molecule has 1 aromatic carbocycles. The second-order valence-corrected chi connectivity index (χ2v) is 4.22. The molecule has 1 aromatic heterocycles. The van der Waals surface area contributed by atoms with Crippen molar-refractivity contribution in [2.75, 3.05) is 0 Å². The van der Waals surface area contributed by atoms with Crippen molar-refractivity contribution in [1.29, 1.82) is 0 Å². The number of carboxylic acid groups (broad SMARTS) is 1. The maximum atomic E-state index is 10.5. The van der Waals surface area contributed by atoms with E-state index >= 15 is 0 Å². The zero-order chi connectivity index (χ0) is 11.5. The lowest BCUT2D eigenvalue weighted by Crippen LogP contribution is -2.02. The predicted octanol–water partition coefficient (Wildman–Crippen LogP) is 2.26. The standard InChI is InChI=1S/C11H9BrN2O2/c12-8-2-1-3-10(6-8)14-5-4-9(13-14)7-11(15)16/h1-6H,7H2,(H,15,16). The summed E-state index contributed by atoms with van der Waals surface area (Å²) in [6.45, 7) is 0. The molecule has 2 rings (SSSR count). The molecule has 1 N–H and O–H groups in total. The monoisotopic (exact) mass is 280 g/mol. The number of rotatable bonds is 3. The Morgan fingerprint density at radius 2 is 2.25 bits per heavy atom. The Bertz CT molecular complexity index is 522. The first-order valence-corrected chi connectivity index (χ1v) is 5.47. The summed E-state index contributed by atoms with van der Waals surface area (Å²) >= 11 is 3.37. The predicted molar refractivity (Wildman–Crippen MR) is 62.6 cm³/mol. The Hall–Kier alpha value is -1.62. The minimum atomic E-state index is -0.875. The molecule has 1 heterocycles. The van der Waals surface area contributed by atoms with Gasteiger partial charge in [0.05, 0.1) is 17.8 Å². The van der Waals surface area contributed by atoms with Crippen molar-refractivity contribution in [3.05, 3.63) is 46.7 Å². The van der Waals surface area contributed by atoms with Crippen LogP contribution >= 0.6 is 15.9 Å². The first-order chi connectivity index (χ1) is 7.65. The molecule has 0 bridgehead atoms. The highest BCUT2D eigenvalue weighted by atomic mass is 79.9. The van der Waals surface area contributed by atoms with Gasteiger partial charge in [-0.05, 0) is 24.3 Å². The Kier molecular flexibility index (Phi) is 3.05. The Morgan fingerprint density at radius 3 is 2.94 bits per heavy atom. The Labute approximate surface area is 101 Å². The normalized spacial score (nSPS) is 10.3. The van der Waals surface area contributed by atoms with Crippen molar-refractivity contribution >= 4 is 21.9 Å². The zero-order valence-electron chi connectivity index (χ0n) is 8.30. The van der Waals surface area contributed by atoms with Crippen molar-refractivity contribution in [3.8, 4) is 5.69 Å². The minimum Gasteiger partial charge on any atom is -0.481 e. The molecule has 0 saturated heterocycles. The van der Waals surface area contributed by atoms with Crippen LogP contribution in [0.3, 0.4) is 0 Å². The summed E-state index contributed by atoms with van der Waals surface area (Å²) in [4.78, 5) is 10.5. The molecular formula is C11H9BrN2O2. The molecule has 0 atom stereocenters. The van der Waals surface area contributed by atoms with Crippen LogP contribution in [0.15, 0.2) is 41.0 Å². The number of aliphatic carboxylic acids is 1. The van der Waals surface area contributed by atoms with E-state index in [1.54, 1.807) is 16.9 Å². The highest BCUT2D eigenvalue weighted by molar-refractivity contribution is 9.10. The van der Waals surface area contributed by atoms with E-state index < -0.39 is 5.97 Å². The summed E-state index contributed by atoms with van der Waals surface area (Å²) in [5.74, 6) is -0.875. The summed E-state index contributed by atoms with van der Waals surface area (Å²) in [5, 5.41) is 12.8. The molecular weight excluding hydrogens is 272 g/mol. The van der Waals surface area contributed by atoms with Gasteiger partial charge in [-0.3, -0.25) is 4.79 Å². The van der Waals surface area contributed by atoms with Crippen LogP contribution in [0, 0.1) is 0 Å². The molecule has 82 valence electrons. The molecule has 0 radical (unpaired) electrons. The van der Waals surface area contributed by atoms with E-state index in [-0.39, 0.29) is 6.42 Å². The first-order valence-electron chi connectivity index (χ1n) is 4.67. The summed E-state index contributed by atoms with van der Waals surface area (Å²) in [5.41, 5.74) is 1.44. The van der Waals surface area contributed by atoms with Crippen LogP contribution < -0.4 is 0 Å². The quantitative estimate of drug-likeness (QED) is 0.938. The molecule has 0 aliphatic rings. The van der Waals surface area contributed by atoms with Crippen LogP contribution in [0.5, 0.6) is 0 Å². The third-order valence-electron chi connectivity index (χ3n) is 2.05. The molecule has 0 saturated carbocycles. The second kappa shape index (κ2) is 4.49. The number of hydrogen-bond donors (Lipinski definition) is 1. The van der Waals surface area contributed by atoms with Crippen LogP contribution in [0.2, 0.25) is 0 Å². The molecule has 0 amide bonds. The number of halogens is 1. The first kappa shape index (κ1) is 10.9. The van der Waals surface area contributed by atoms with E-state index in [9.17, 15) is 4.79 Å².